The van der Waals surface area contributed by atoms with Crippen molar-refractivity contribution < 1.29 is 18.3 Å². The summed E-state index contributed by atoms with van der Waals surface area (Å²) < 4.78 is 34.0. The van der Waals surface area contributed by atoms with Crippen LogP contribution < -0.4 is 16.0 Å². The van der Waals surface area contributed by atoms with Gasteiger partial charge < -0.3 is 20.8 Å². The molecule has 0 radical (unpaired) electrons. The normalized spacial score (nSPS) is 17.4. The molecule has 2 atom stereocenters. The van der Waals surface area contributed by atoms with Gasteiger partial charge >= 0.3 is 6.03 Å². The van der Waals surface area contributed by atoms with Gasteiger partial charge in [-0.15, -0.1) is 0 Å². The Hall–Kier alpha value is -3.96. The van der Waals surface area contributed by atoms with Crippen LogP contribution in [0.2, 0.25) is 0 Å². The fourth-order valence-corrected chi connectivity index (χ4v) is 4.27. The number of urea groups is 1. The molecule has 3 heterocycles. The minimum absolute atomic E-state index is 0.0122. The predicted octanol–water partition coefficient (Wildman–Crippen LogP) is 4.22. The second-order valence-electron chi connectivity index (χ2n) is 8.71. The number of carbonyl (C=O) groups is 1. The molecule has 37 heavy (non-hydrogen) atoms. The maximum Gasteiger partial charge on any atom is 0.320 e. The Morgan fingerprint density at radius 1 is 1.22 bits per heavy atom. The molecule has 0 bridgehead atoms. The molecule has 9 nitrogen and oxygen atoms in total. The summed E-state index contributed by atoms with van der Waals surface area (Å²) in [5.74, 6) is -0.942. The highest BCUT2D eigenvalue weighted by atomic mass is 19.1. The molecule has 1 saturated heterocycles. The van der Waals surface area contributed by atoms with E-state index in [1.54, 1.807) is 18.3 Å². The molecule has 11 heteroatoms. The number of rotatable bonds is 9. The number of hydrogen-bond acceptors (Lipinski definition) is 7. The predicted molar refractivity (Wildman–Crippen MR) is 137 cm³/mol. The third-order valence-electron chi connectivity index (χ3n) is 5.99. The van der Waals surface area contributed by atoms with E-state index >= 15 is 0 Å². The highest BCUT2D eigenvalue weighted by molar-refractivity contribution is 5.92. The van der Waals surface area contributed by atoms with Crippen molar-refractivity contribution in [3.63, 3.8) is 0 Å². The summed E-state index contributed by atoms with van der Waals surface area (Å²) in [6, 6.07) is 8.16. The molecular weight excluding hydrogens is 480 g/mol. The van der Waals surface area contributed by atoms with E-state index in [0.717, 1.165) is 11.4 Å². The van der Waals surface area contributed by atoms with E-state index < -0.39 is 23.7 Å². The van der Waals surface area contributed by atoms with Crippen molar-refractivity contribution in [1.29, 1.82) is 5.41 Å². The highest BCUT2D eigenvalue weighted by Gasteiger charge is 2.35. The number of aryl methyl sites for hydroxylation is 1. The van der Waals surface area contributed by atoms with E-state index in [9.17, 15) is 13.6 Å². The van der Waals surface area contributed by atoms with Gasteiger partial charge in [-0.3, -0.25) is 15.2 Å². The number of likely N-dealkylation sites (tertiary alicyclic amines) is 1. The summed E-state index contributed by atoms with van der Waals surface area (Å²) in [5.41, 5.74) is 2.78. The Labute approximate surface area is 213 Å². The summed E-state index contributed by atoms with van der Waals surface area (Å²) in [6.07, 6.45) is 4.05. The van der Waals surface area contributed by atoms with Crippen LogP contribution in [0.3, 0.4) is 0 Å². The van der Waals surface area contributed by atoms with Gasteiger partial charge in [0.1, 0.15) is 17.5 Å². The van der Waals surface area contributed by atoms with Gasteiger partial charge in [0.05, 0.1) is 24.0 Å². The Morgan fingerprint density at radius 2 is 2.00 bits per heavy atom. The zero-order valence-corrected chi connectivity index (χ0v) is 20.6. The molecule has 194 valence electrons. The van der Waals surface area contributed by atoms with E-state index in [1.165, 1.54) is 30.6 Å². The number of nitrogens with zero attached hydrogens (tertiary/aromatic N) is 3. The summed E-state index contributed by atoms with van der Waals surface area (Å²) in [4.78, 5) is 23.1. The fourth-order valence-electron chi connectivity index (χ4n) is 4.27. The van der Waals surface area contributed by atoms with Crippen LogP contribution in [0, 0.1) is 24.0 Å². The minimum Gasteiger partial charge on any atom is -0.375 e. The molecule has 0 aliphatic carbocycles. The molecule has 2 amide bonds. The lowest BCUT2D eigenvalue weighted by Gasteiger charge is -2.20. The SMILES string of the molecule is CCO[C@H]1CN(Cc2c(F)cccc2F)C[C@@H]1NC(=O)Nc1cc(C=N)c(Nc2ccnc(C)c2)cn1. The number of nitrogens with one attached hydrogen (secondary N) is 4. The molecule has 0 saturated carbocycles. The lowest BCUT2D eigenvalue weighted by Crippen LogP contribution is -2.45. The third kappa shape index (κ3) is 6.63. The van der Waals surface area contributed by atoms with Crippen LogP contribution in [0.5, 0.6) is 0 Å². The number of carbonyl (C=O) groups excluding carboxylic acids is 1. The standard InChI is InChI=1S/C26H29F2N7O2/c1-3-37-24-15-35(13-19-20(27)5-4-6-21(19)28)14-23(24)33-26(36)34-25-10-17(11-29)22(12-31-25)32-18-7-8-30-16(2)9-18/h4-12,23-24,29H,3,13-15H2,1-2H3,(H,30,32)(H2,31,33,34,36)/t23-,24-/m0/s1. The van der Waals surface area contributed by atoms with Crippen LogP contribution in [0.15, 0.2) is 48.8 Å². The van der Waals surface area contributed by atoms with Crippen LogP contribution in [0.4, 0.5) is 30.8 Å². The second-order valence-corrected chi connectivity index (χ2v) is 8.71. The van der Waals surface area contributed by atoms with Crippen LogP contribution in [0.25, 0.3) is 0 Å². The molecule has 4 rings (SSSR count). The first-order chi connectivity index (χ1) is 17.9. The molecule has 0 spiro atoms. The van der Waals surface area contributed by atoms with E-state index in [4.69, 9.17) is 10.1 Å². The number of pyridine rings is 2. The van der Waals surface area contributed by atoms with Crippen molar-refractivity contribution in [2.45, 2.75) is 32.5 Å². The first kappa shape index (κ1) is 26.1. The first-order valence-corrected chi connectivity index (χ1v) is 11.9. The summed E-state index contributed by atoms with van der Waals surface area (Å²) in [6.45, 7) is 5.00. The van der Waals surface area contributed by atoms with Crippen LogP contribution >= 0.6 is 0 Å². The summed E-state index contributed by atoms with van der Waals surface area (Å²) in [5, 5.41) is 16.5. The Balaban J connectivity index is 1.40. The van der Waals surface area contributed by atoms with Gasteiger partial charge in [-0.2, -0.15) is 0 Å². The van der Waals surface area contributed by atoms with Crippen molar-refractivity contribution in [3.05, 3.63) is 77.2 Å². The molecule has 1 fully saturated rings. The molecule has 2 aromatic heterocycles. The topological polar surface area (TPSA) is 115 Å². The van der Waals surface area contributed by atoms with E-state index in [2.05, 4.69) is 25.9 Å². The maximum atomic E-state index is 14.1. The quantitative estimate of drug-likeness (QED) is 0.321. The van der Waals surface area contributed by atoms with Crippen molar-refractivity contribution in [1.82, 2.24) is 20.2 Å². The van der Waals surface area contributed by atoms with Gasteiger partial charge in [-0.1, -0.05) is 6.07 Å². The molecular formula is C26H29F2N7O2. The fraction of sp³-hybridized carbons (Fsp3) is 0.308. The van der Waals surface area contributed by atoms with Gasteiger partial charge in [-0.25, -0.2) is 18.6 Å². The van der Waals surface area contributed by atoms with Crippen molar-refractivity contribution in [2.24, 2.45) is 0 Å². The summed E-state index contributed by atoms with van der Waals surface area (Å²) in [7, 11) is 0. The largest absolute Gasteiger partial charge is 0.375 e. The number of halogens is 2. The van der Waals surface area contributed by atoms with Crippen LogP contribution in [-0.4, -0.2) is 59.0 Å². The average molecular weight is 510 g/mol. The lowest BCUT2D eigenvalue weighted by molar-refractivity contribution is 0.0549. The highest BCUT2D eigenvalue weighted by Crippen LogP contribution is 2.23. The zero-order valence-electron chi connectivity index (χ0n) is 20.6. The Bertz CT molecular complexity index is 1250. The molecule has 1 aromatic carbocycles. The third-order valence-corrected chi connectivity index (χ3v) is 5.99. The van der Waals surface area contributed by atoms with Gasteiger partial charge in [0, 0.05) is 61.2 Å². The van der Waals surface area contributed by atoms with E-state index in [-0.39, 0.29) is 24.0 Å². The first-order valence-electron chi connectivity index (χ1n) is 11.9. The molecule has 4 N–H and O–H groups in total. The number of hydrogen-bond donors (Lipinski definition) is 4. The van der Waals surface area contributed by atoms with Gasteiger partial charge in [0.15, 0.2) is 0 Å². The van der Waals surface area contributed by atoms with Gasteiger partial charge in [0.25, 0.3) is 0 Å². The molecule has 1 aliphatic rings. The number of benzene rings is 1. The minimum atomic E-state index is -0.604. The Morgan fingerprint density at radius 3 is 2.70 bits per heavy atom. The van der Waals surface area contributed by atoms with E-state index in [0.29, 0.717) is 30.9 Å². The monoisotopic (exact) mass is 509 g/mol. The molecule has 3 aromatic rings. The maximum absolute atomic E-state index is 14.1. The van der Waals surface area contributed by atoms with Crippen molar-refractivity contribution in [2.75, 3.05) is 30.3 Å². The number of amides is 2. The lowest BCUT2D eigenvalue weighted by atomic mass is 10.2. The van der Waals surface area contributed by atoms with E-state index in [1.807, 2.05) is 24.8 Å². The average Bonchev–Trinajstić information content (AvgIpc) is 3.23. The van der Waals surface area contributed by atoms with Crippen molar-refractivity contribution >= 4 is 29.4 Å². The molecule has 1 aliphatic heterocycles. The number of anilines is 3. The zero-order chi connectivity index (χ0) is 26.4. The number of ether oxygens (including phenoxy) is 1. The Kier molecular flexibility index (Phi) is 8.36. The summed E-state index contributed by atoms with van der Waals surface area (Å²) >= 11 is 0. The van der Waals surface area contributed by atoms with Gasteiger partial charge in [0.2, 0.25) is 0 Å². The molecule has 0 unspecified atom stereocenters. The van der Waals surface area contributed by atoms with Gasteiger partial charge in [-0.05, 0) is 44.2 Å². The van der Waals surface area contributed by atoms with Crippen LogP contribution in [-0.2, 0) is 11.3 Å². The van der Waals surface area contributed by atoms with Crippen LogP contribution in [0.1, 0.15) is 23.7 Å². The number of aromatic nitrogens is 2. The smallest absolute Gasteiger partial charge is 0.320 e. The second kappa shape index (κ2) is 11.8. The van der Waals surface area contributed by atoms with Crippen molar-refractivity contribution in [3.8, 4) is 0 Å².